The lowest BCUT2D eigenvalue weighted by atomic mass is 9.93. The summed E-state index contributed by atoms with van der Waals surface area (Å²) in [4.78, 5) is 51.8. The Bertz CT molecular complexity index is 801. The molecule has 4 amide bonds. The van der Waals surface area contributed by atoms with Crippen molar-refractivity contribution in [1.29, 1.82) is 0 Å². The molecule has 2 aliphatic rings. The fourth-order valence-electron chi connectivity index (χ4n) is 3.79. The Kier molecular flexibility index (Phi) is 6.91. The second-order valence-corrected chi connectivity index (χ2v) is 7.58. The second-order valence-electron chi connectivity index (χ2n) is 7.58. The maximum Gasteiger partial charge on any atom is 0.325 e. The number of benzene rings is 1. The third kappa shape index (κ3) is 5.08. The van der Waals surface area contributed by atoms with Gasteiger partial charge in [0.2, 0.25) is 5.91 Å². The van der Waals surface area contributed by atoms with Crippen LogP contribution in [0.2, 0.25) is 0 Å². The summed E-state index contributed by atoms with van der Waals surface area (Å²) in [6, 6.07) is 5.76. The summed E-state index contributed by atoms with van der Waals surface area (Å²) in [5.41, 5.74) is 0.791. The Morgan fingerprint density at radius 3 is 2.33 bits per heavy atom. The first-order valence-corrected chi connectivity index (χ1v) is 10.0. The fourth-order valence-corrected chi connectivity index (χ4v) is 3.79. The Balaban J connectivity index is 1.51. The average Bonchev–Trinajstić information content (AvgIpc) is 3.02. The van der Waals surface area contributed by atoms with Crippen LogP contribution in [-0.2, 0) is 25.7 Å². The largest absolute Gasteiger partial charge is 0.497 e. The molecule has 0 aromatic heterocycles. The van der Waals surface area contributed by atoms with Gasteiger partial charge in [-0.05, 0) is 36.5 Å². The SMILES string of the molecule is COC(=O)CC1CCN(C(=O)C[C@H]2NC(=O)N(Cc3ccc(OC)cc3)C2=O)CC1. The van der Waals surface area contributed by atoms with Gasteiger partial charge in [-0.15, -0.1) is 0 Å². The number of carbonyl (C=O) groups excluding carboxylic acids is 4. The van der Waals surface area contributed by atoms with E-state index in [2.05, 4.69) is 5.32 Å². The zero-order chi connectivity index (χ0) is 21.7. The fraction of sp³-hybridized carbons (Fsp3) is 0.524. The average molecular weight is 417 g/mol. The highest BCUT2D eigenvalue weighted by atomic mass is 16.5. The summed E-state index contributed by atoms with van der Waals surface area (Å²) < 4.78 is 9.80. The van der Waals surface area contributed by atoms with Gasteiger partial charge in [0.15, 0.2) is 0 Å². The number of urea groups is 1. The third-order valence-electron chi connectivity index (χ3n) is 5.64. The molecule has 2 heterocycles. The number of nitrogens with zero attached hydrogens (tertiary/aromatic N) is 2. The number of imide groups is 1. The Morgan fingerprint density at radius 2 is 1.73 bits per heavy atom. The van der Waals surface area contributed by atoms with E-state index in [1.54, 1.807) is 36.3 Å². The highest BCUT2D eigenvalue weighted by Gasteiger charge is 2.40. The molecule has 0 unspecified atom stereocenters. The summed E-state index contributed by atoms with van der Waals surface area (Å²) in [6.07, 6.45) is 1.73. The van der Waals surface area contributed by atoms with Crippen molar-refractivity contribution in [3.05, 3.63) is 29.8 Å². The zero-order valence-electron chi connectivity index (χ0n) is 17.3. The number of likely N-dealkylation sites (tertiary alicyclic amines) is 1. The van der Waals surface area contributed by atoms with Crippen LogP contribution in [0.5, 0.6) is 5.75 Å². The number of methoxy groups -OCH3 is 2. The molecule has 30 heavy (non-hydrogen) atoms. The van der Waals surface area contributed by atoms with Crippen LogP contribution < -0.4 is 10.1 Å². The molecule has 1 N–H and O–H groups in total. The van der Waals surface area contributed by atoms with Crippen LogP contribution in [0.25, 0.3) is 0 Å². The lowest BCUT2D eigenvalue weighted by Crippen LogP contribution is -2.43. The summed E-state index contributed by atoms with van der Waals surface area (Å²) in [6.45, 7) is 1.20. The highest BCUT2D eigenvalue weighted by Crippen LogP contribution is 2.23. The Morgan fingerprint density at radius 1 is 1.07 bits per heavy atom. The minimum absolute atomic E-state index is 0.0641. The molecule has 1 atom stereocenters. The van der Waals surface area contributed by atoms with Gasteiger partial charge in [-0.1, -0.05) is 12.1 Å². The summed E-state index contributed by atoms with van der Waals surface area (Å²) in [5.74, 6) is 0.0845. The number of nitrogens with one attached hydrogen (secondary N) is 1. The van der Waals surface area contributed by atoms with Crippen molar-refractivity contribution in [2.45, 2.75) is 38.3 Å². The monoisotopic (exact) mass is 417 g/mol. The molecule has 0 radical (unpaired) electrons. The normalized spacial score (nSPS) is 19.6. The van der Waals surface area contributed by atoms with Gasteiger partial charge in [-0.25, -0.2) is 4.79 Å². The van der Waals surface area contributed by atoms with E-state index < -0.39 is 18.0 Å². The van der Waals surface area contributed by atoms with E-state index >= 15 is 0 Å². The number of rotatable bonds is 7. The molecule has 9 heteroatoms. The van der Waals surface area contributed by atoms with Gasteiger partial charge in [0.1, 0.15) is 11.8 Å². The minimum Gasteiger partial charge on any atom is -0.497 e. The van der Waals surface area contributed by atoms with Crippen molar-refractivity contribution in [2.24, 2.45) is 5.92 Å². The maximum absolute atomic E-state index is 12.7. The van der Waals surface area contributed by atoms with Gasteiger partial charge >= 0.3 is 12.0 Å². The maximum atomic E-state index is 12.7. The van der Waals surface area contributed by atoms with Crippen LogP contribution in [0.3, 0.4) is 0 Å². The van der Waals surface area contributed by atoms with Crippen molar-refractivity contribution in [2.75, 3.05) is 27.3 Å². The minimum atomic E-state index is -0.851. The Hall–Kier alpha value is -3.10. The first-order chi connectivity index (χ1) is 14.4. The van der Waals surface area contributed by atoms with Gasteiger partial charge in [-0.2, -0.15) is 0 Å². The number of ether oxygens (including phenoxy) is 2. The predicted octanol–water partition coefficient (Wildman–Crippen LogP) is 1.31. The van der Waals surface area contributed by atoms with E-state index in [0.717, 1.165) is 23.3 Å². The predicted molar refractivity (Wildman–Crippen MR) is 106 cm³/mol. The van der Waals surface area contributed by atoms with Gasteiger partial charge in [-0.3, -0.25) is 19.3 Å². The molecule has 0 bridgehead atoms. The molecule has 1 aromatic carbocycles. The lowest BCUT2D eigenvalue weighted by Gasteiger charge is -2.32. The van der Waals surface area contributed by atoms with Crippen LogP contribution in [0.4, 0.5) is 4.79 Å². The van der Waals surface area contributed by atoms with Crippen molar-refractivity contribution >= 4 is 23.8 Å². The van der Waals surface area contributed by atoms with Gasteiger partial charge in [0.25, 0.3) is 5.91 Å². The molecule has 3 rings (SSSR count). The topological polar surface area (TPSA) is 105 Å². The smallest absolute Gasteiger partial charge is 0.325 e. The van der Waals surface area contributed by atoms with Crippen LogP contribution in [0.15, 0.2) is 24.3 Å². The van der Waals surface area contributed by atoms with Crippen LogP contribution in [0.1, 0.15) is 31.2 Å². The molecule has 1 aromatic rings. The Labute approximate surface area is 175 Å². The molecule has 0 aliphatic carbocycles. The molecule has 0 spiro atoms. The van der Waals surface area contributed by atoms with Gasteiger partial charge in [0.05, 0.1) is 27.2 Å². The van der Waals surface area contributed by atoms with E-state index in [-0.39, 0.29) is 30.8 Å². The number of piperidine rings is 1. The highest BCUT2D eigenvalue weighted by molar-refractivity contribution is 6.05. The van der Waals surface area contributed by atoms with Crippen molar-refractivity contribution in [3.63, 3.8) is 0 Å². The first-order valence-electron chi connectivity index (χ1n) is 10.0. The van der Waals surface area contributed by atoms with Crippen LogP contribution in [-0.4, -0.2) is 67.0 Å². The molecule has 2 saturated heterocycles. The van der Waals surface area contributed by atoms with E-state index in [1.807, 2.05) is 0 Å². The molecular formula is C21H27N3O6. The van der Waals surface area contributed by atoms with Crippen LogP contribution >= 0.6 is 0 Å². The standard InChI is InChI=1S/C21H27N3O6/c1-29-16-5-3-15(4-6-16)13-24-20(27)17(22-21(24)28)12-18(25)23-9-7-14(8-10-23)11-19(26)30-2/h3-6,14,17H,7-13H2,1-2H3,(H,22,28)/t17-/m1/s1. The summed E-state index contributed by atoms with van der Waals surface area (Å²) in [7, 11) is 2.93. The molecule has 2 fully saturated rings. The molecular weight excluding hydrogens is 390 g/mol. The number of esters is 1. The number of hydrogen-bond donors (Lipinski definition) is 1. The second kappa shape index (κ2) is 9.60. The third-order valence-corrected chi connectivity index (χ3v) is 5.64. The lowest BCUT2D eigenvalue weighted by molar-refractivity contribution is -0.142. The number of hydrogen-bond acceptors (Lipinski definition) is 6. The quantitative estimate of drug-likeness (QED) is 0.530. The van der Waals surface area contributed by atoms with Crippen molar-refractivity contribution < 1.29 is 28.7 Å². The molecule has 2 aliphatic heterocycles. The summed E-state index contributed by atoms with van der Waals surface area (Å²) >= 11 is 0. The number of carbonyl (C=O) groups is 4. The van der Waals surface area contributed by atoms with Gasteiger partial charge < -0.3 is 19.7 Å². The molecule has 9 nitrogen and oxygen atoms in total. The molecule has 162 valence electrons. The van der Waals surface area contributed by atoms with E-state index in [4.69, 9.17) is 9.47 Å². The molecule has 0 saturated carbocycles. The van der Waals surface area contributed by atoms with Crippen molar-refractivity contribution in [1.82, 2.24) is 15.1 Å². The summed E-state index contributed by atoms with van der Waals surface area (Å²) in [5, 5.41) is 2.61. The van der Waals surface area contributed by atoms with Crippen LogP contribution in [0, 0.1) is 5.92 Å². The first kappa shape index (κ1) is 21.6. The van der Waals surface area contributed by atoms with Gasteiger partial charge in [0, 0.05) is 19.5 Å². The van der Waals surface area contributed by atoms with E-state index in [1.165, 1.54) is 7.11 Å². The number of amides is 4. The van der Waals surface area contributed by atoms with Crippen molar-refractivity contribution in [3.8, 4) is 5.75 Å². The van der Waals surface area contributed by atoms with E-state index in [9.17, 15) is 19.2 Å². The van der Waals surface area contributed by atoms with E-state index in [0.29, 0.717) is 25.3 Å². The zero-order valence-corrected chi connectivity index (χ0v) is 17.3.